The number of unbranched alkanes of at least 4 members (excludes halogenated alkanes) is 3. The second-order valence-electron chi connectivity index (χ2n) is 5.93. The Balaban J connectivity index is 1.66. The van der Waals surface area contributed by atoms with Gasteiger partial charge in [-0.1, -0.05) is 26.2 Å². The van der Waals surface area contributed by atoms with Crippen molar-refractivity contribution in [1.82, 2.24) is 9.88 Å². The predicted octanol–water partition coefficient (Wildman–Crippen LogP) is 3.72. The fourth-order valence-corrected chi connectivity index (χ4v) is 2.49. The van der Waals surface area contributed by atoms with E-state index in [0.29, 0.717) is 18.5 Å². The number of esters is 1. The Morgan fingerprint density at radius 3 is 2.44 bits per heavy atom. The number of nitrogens with one attached hydrogen (secondary N) is 1. The molecular formula is C20H26N2O3. The lowest BCUT2D eigenvalue weighted by Crippen LogP contribution is -2.27. The first-order chi connectivity index (χ1) is 12.2. The van der Waals surface area contributed by atoms with Crippen LogP contribution in [0.2, 0.25) is 0 Å². The topological polar surface area (TPSA) is 60.3 Å². The molecule has 1 amide bonds. The summed E-state index contributed by atoms with van der Waals surface area (Å²) < 4.78 is 7.16. The van der Waals surface area contributed by atoms with Crippen molar-refractivity contribution in [3.63, 3.8) is 0 Å². The van der Waals surface area contributed by atoms with Gasteiger partial charge in [0.05, 0.1) is 12.1 Å². The Labute approximate surface area is 149 Å². The minimum atomic E-state index is -0.378. The number of nitrogens with zero attached hydrogens (tertiary/aromatic N) is 1. The molecule has 0 radical (unpaired) electrons. The van der Waals surface area contributed by atoms with Crippen LogP contribution in [0, 0.1) is 0 Å². The van der Waals surface area contributed by atoms with Gasteiger partial charge in [0.25, 0.3) is 0 Å². The quantitative estimate of drug-likeness (QED) is 0.529. The number of aromatic nitrogens is 1. The number of carbonyl (C=O) groups is 2. The highest BCUT2D eigenvalue weighted by Crippen LogP contribution is 2.10. The van der Waals surface area contributed by atoms with E-state index < -0.39 is 0 Å². The number of benzene rings is 1. The molecule has 0 bridgehead atoms. The Hall–Kier alpha value is -2.56. The average Bonchev–Trinajstić information content (AvgIpc) is 3.17. The zero-order valence-corrected chi connectivity index (χ0v) is 14.7. The van der Waals surface area contributed by atoms with E-state index in [-0.39, 0.29) is 18.5 Å². The average molecular weight is 342 g/mol. The minimum Gasteiger partial charge on any atom is -0.460 e. The molecule has 0 aliphatic rings. The van der Waals surface area contributed by atoms with E-state index in [1.54, 1.807) is 12.1 Å². The standard InChI is InChI=1S/C20H26N2O3/c1-2-3-4-5-8-19(23)21-13-16-25-20(24)17-9-11-18(12-10-17)22-14-6-7-15-22/h6-7,9-12,14-15H,2-5,8,13,16H2,1H3,(H,21,23). The minimum absolute atomic E-state index is 0.0169. The summed E-state index contributed by atoms with van der Waals surface area (Å²) in [7, 11) is 0. The molecule has 0 fully saturated rings. The van der Waals surface area contributed by atoms with Crippen LogP contribution in [0.4, 0.5) is 0 Å². The first-order valence-electron chi connectivity index (χ1n) is 8.88. The fraction of sp³-hybridized carbons (Fsp3) is 0.400. The molecule has 0 unspecified atom stereocenters. The van der Waals surface area contributed by atoms with Crippen LogP contribution in [-0.4, -0.2) is 29.6 Å². The summed E-state index contributed by atoms with van der Waals surface area (Å²) in [5.74, 6) is -0.362. The van der Waals surface area contributed by atoms with Gasteiger partial charge in [-0.2, -0.15) is 0 Å². The van der Waals surface area contributed by atoms with Gasteiger partial charge in [0.15, 0.2) is 0 Å². The number of amides is 1. The van der Waals surface area contributed by atoms with Crippen molar-refractivity contribution in [2.75, 3.05) is 13.2 Å². The van der Waals surface area contributed by atoms with E-state index in [4.69, 9.17) is 4.74 Å². The van der Waals surface area contributed by atoms with Gasteiger partial charge in [0.1, 0.15) is 6.61 Å². The van der Waals surface area contributed by atoms with Crippen LogP contribution in [0.25, 0.3) is 5.69 Å². The molecule has 1 aromatic heterocycles. The third-order valence-corrected chi connectivity index (χ3v) is 3.92. The van der Waals surface area contributed by atoms with Crippen LogP contribution >= 0.6 is 0 Å². The van der Waals surface area contributed by atoms with Gasteiger partial charge in [-0.25, -0.2) is 4.79 Å². The summed E-state index contributed by atoms with van der Waals surface area (Å²) in [6, 6.07) is 11.1. The van der Waals surface area contributed by atoms with E-state index in [1.165, 1.54) is 0 Å². The normalized spacial score (nSPS) is 10.4. The Morgan fingerprint density at radius 2 is 1.76 bits per heavy atom. The number of carbonyl (C=O) groups excluding carboxylic acids is 2. The van der Waals surface area contributed by atoms with Gasteiger partial charge >= 0.3 is 5.97 Å². The molecule has 5 heteroatoms. The van der Waals surface area contributed by atoms with Crippen LogP contribution in [0.5, 0.6) is 0 Å². The lowest BCUT2D eigenvalue weighted by molar-refractivity contribution is -0.121. The zero-order valence-electron chi connectivity index (χ0n) is 14.7. The predicted molar refractivity (Wildman–Crippen MR) is 97.8 cm³/mol. The summed E-state index contributed by atoms with van der Waals surface area (Å²) >= 11 is 0. The molecule has 0 aliphatic carbocycles. The Morgan fingerprint density at radius 1 is 1.04 bits per heavy atom. The van der Waals surface area contributed by atoms with Gasteiger partial charge in [-0.05, 0) is 42.8 Å². The van der Waals surface area contributed by atoms with Crippen molar-refractivity contribution in [2.45, 2.75) is 39.0 Å². The molecule has 1 aromatic carbocycles. The molecule has 5 nitrogen and oxygen atoms in total. The molecule has 0 aliphatic heterocycles. The maximum Gasteiger partial charge on any atom is 0.338 e. The lowest BCUT2D eigenvalue weighted by Gasteiger charge is -2.08. The molecule has 1 heterocycles. The smallest absolute Gasteiger partial charge is 0.338 e. The van der Waals surface area contributed by atoms with Gasteiger partial charge in [0, 0.05) is 24.5 Å². The number of rotatable bonds is 10. The monoisotopic (exact) mass is 342 g/mol. The Kier molecular flexibility index (Phi) is 7.76. The van der Waals surface area contributed by atoms with E-state index in [0.717, 1.165) is 31.4 Å². The maximum atomic E-state index is 12.0. The molecule has 0 spiro atoms. The second-order valence-corrected chi connectivity index (χ2v) is 5.93. The summed E-state index contributed by atoms with van der Waals surface area (Å²) in [4.78, 5) is 23.6. The third kappa shape index (κ3) is 6.45. The van der Waals surface area contributed by atoms with Gasteiger partial charge in [-0.3, -0.25) is 4.79 Å². The van der Waals surface area contributed by atoms with E-state index in [2.05, 4.69) is 12.2 Å². The molecule has 0 saturated carbocycles. The van der Waals surface area contributed by atoms with Crippen LogP contribution in [0.3, 0.4) is 0 Å². The molecule has 134 valence electrons. The van der Waals surface area contributed by atoms with Crippen molar-refractivity contribution >= 4 is 11.9 Å². The molecule has 1 N–H and O–H groups in total. The molecule has 0 atom stereocenters. The van der Waals surface area contributed by atoms with Crippen LogP contribution in [-0.2, 0) is 9.53 Å². The summed E-state index contributed by atoms with van der Waals surface area (Å²) in [5, 5.41) is 2.77. The summed E-state index contributed by atoms with van der Waals surface area (Å²) in [5.41, 5.74) is 1.48. The number of ether oxygens (including phenoxy) is 1. The largest absolute Gasteiger partial charge is 0.460 e. The highest BCUT2D eigenvalue weighted by atomic mass is 16.5. The van der Waals surface area contributed by atoms with Crippen LogP contribution in [0.15, 0.2) is 48.8 Å². The molecule has 0 saturated heterocycles. The van der Waals surface area contributed by atoms with Crippen molar-refractivity contribution < 1.29 is 14.3 Å². The van der Waals surface area contributed by atoms with Crippen LogP contribution in [0.1, 0.15) is 49.4 Å². The van der Waals surface area contributed by atoms with E-state index in [9.17, 15) is 9.59 Å². The first-order valence-corrected chi connectivity index (χ1v) is 8.88. The summed E-state index contributed by atoms with van der Waals surface area (Å²) in [6.45, 7) is 2.67. The van der Waals surface area contributed by atoms with Crippen LogP contribution < -0.4 is 5.32 Å². The maximum absolute atomic E-state index is 12.0. The fourth-order valence-electron chi connectivity index (χ4n) is 2.49. The van der Waals surface area contributed by atoms with Gasteiger partial charge in [0.2, 0.25) is 5.91 Å². The van der Waals surface area contributed by atoms with Crippen molar-refractivity contribution in [3.8, 4) is 5.69 Å². The van der Waals surface area contributed by atoms with Crippen molar-refractivity contribution in [1.29, 1.82) is 0 Å². The zero-order chi connectivity index (χ0) is 17.9. The van der Waals surface area contributed by atoms with Crippen molar-refractivity contribution in [3.05, 3.63) is 54.4 Å². The second kappa shape index (κ2) is 10.3. The highest BCUT2D eigenvalue weighted by Gasteiger charge is 2.07. The molecular weight excluding hydrogens is 316 g/mol. The SMILES string of the molecule is CCCCCCC(=O)NCCOC(=O)c1ccc(-n2cccc2)cc1. The van der Waals surface area contributed by atoms with Gasteiger partial charge < -0.3 is 14.6 Å². The van der Waals surface area contributed by atoms with E-state index in [1.807, 2.05) is 41.2 Å². The molecule has 25 heavy (non-hydrogen) atoms. The lowest BCUT2D eigenvalue weighted by atomic mass is 10.1. The number of hydrogen-bond acceptors (Lipinski definition) is 3. The number of hydrogen-bond donors (Lipinski definition) is 1. The highest BCUT2D eigenvalue weighted by molar-refractivity contribution is 5.89. The Bertz CT molecular complexity index is 648. The van der Waals surface area contributed by atoms with E-state index >= 15 is 0 Å². The summed E-state index contributed by atoms with van der Waals surface area (Å²) in [6.07, 6.45) is 8.73. The molecule has 2 aromatic rings. The third-order valence-electron chi connectivity index (χ3n) is 3.92. The van der Waals surface area contributed by atoms with Gasteiger partial charge in [-0.15, -0.1) is 0 Å². The van der Waals surface area contributed by atoms with Crippen molar-refractivity contribution in [2.24, 2.45) is 0 Å². The first kappa shape index (κ1) is 18.8. The molecule has 2 rings (SSSR count).